The van der Waals surface area contributed by atoms with Crippen LogP contribution in [0.25, 0.3) is 0 Å². The van der Waals surface area contributed by atoms with E-state index in [0.29, 0.717) is 6.54 Å². The zero-order chi connectivity index (χ0) is 15.3. The Kier molecular flexibility index (Phi) is 5.37. The van der Waals surface area contributed by atoms with Crippen LogP contribution in [0.3, 0.4) is 0 Å². The van der Waals surface area contributed by atoms with E-state index in [9.17, 15) is 4.79 Å². The van der Waals surface area contributed by atoms with Gasteiger partial charge in [0.2, 0.25) is 5.91 Å². The van der Waals surface area contributed by atoms with Gasteiger partial charge >= 0.3 is 0 Å². The predicted octanol–water partition coefficient (Wildman–Crippen LogP) is 2.03. The van der Waals surface area contributed by atoms with Crippen molar-refractivity contribution in [3.8, 4) is 0 Å². The Morgan fingerprint density at radius 2 is 1.76 bits per heavy atom. The molecule has 0 bridgehead atoms. The van der Waals surface area contributed by atoms with Crippen molar-refractivity contribution < 1.29 is 4.79 Å². The summed E-state index contributed by atoms with van der Waals surface area (Å²) in [6.45, 7) is 8.02. The first-order valence-electron chi connectivity index (χ1n) is 7.94. The molecule has 1 aromatic carbocycles. The van der Waals surface area contributed by atoms with Gasteiger partial charge in [0.15, 0.2) is 0 Å². The van der Waals surface area contributed by atoms with Gasteiger partial charge in [-0.05, 0) is 43.5 Å². The van der Waals surface area contributed by atoms with Crippen LogP contribution in [-0.4, -0.2) is 29.4 Å². The van der Waals surface area contributed by atoms with E-state index in [1.54, 1.807) is 0 Å². The molecule has 21 heavy (non-hydrogen) atoms. The van der Waals surface area contributed by atoms with Crippen molar-refractivity contribution in [2.75, 3.05) is 13.1 Å². The SMILES string of the molecule is CCN(CC)Cc1ccc(CNC(=O)C2(N)CCC2)cc1. The van der Waals surface area contributed by atoms with Crippen molar-refractivity contribution in [3.05, 3.63) is 35.4 Å². The molecule has 1 amide bonds. The van der Waals surface area contributed by atoms with Crippen LogP contribution < -0.4 is 11.1 Å². The highest BCUT2D eigenvalue weighted by molar-refractivity contribution is 5.86. The molecule has 0 heterocycles. The molecule has 4 nitrogen and oxygen atoms in total. The van der Waals surface area contributed by atoms with E-state index >= 15 is 0 Å². The maximum atomic E-state index is 12.0. The third kappa shape index (κ3) is 4.05. The van der Waals surface area contributed by atoms with Gasteiger partial charge in [0, 0.05) is 13.1 Å². The lowest BCUT2D eigenvalue weighted by Crippen LogP contribution is -2.58. The molecule has 116 valence electrons. The summed E-state index contributed by atoms with van der Waals surface area (Å²) >= 11 is 0. The standard InChI is InChI=1S/C17H27N3O/c1-3-20(4-2)13-15-8-6-14(7-9-15)12-19-16(21)17(18)10-5-11-17/h6-9H,3-5,10-13,18H2,1-2H3,(H,19,21). The van der Waals surface area contributed by atoms with E-state index in [4.69, 9.17) is 5.73 Å². The molecule has 0 radical (unpaired) electrons. The molecule has 0 atom stereocenters. The number of nitrogens with one attached hydrogen (secondary N) is 1. The van der Waals surface area contributed by atoms with Crippen LogP contribution in [0.1, 0.15) is 44.2 Å². The minimum absolute atomic E-state index is 0.0130. The molecule has 2 rings (SSSR count). The van der Waals surface area contributed by atoms with E-state index in [-0.39, 0.29) is 5.91 Å². The molecule has 4 heteroatoms. The Labute approximate surface area is 127 Å². The zero-order valence-electron chi connectivity index (χ0n) is 13.2. The van der Waals surface area contributed by atoms with Gasteiger partial charge < -0.3 is 11.1 Å². The van der Waals surface area contributed by atoms with Gasteiger partial charge in [-0.1, -0.05) is 38.1 Å². The van der Waals surface area contributed by atoms with Gasteiger partial charge in [0.1, 0.15) is 0 Å². The van der Waals surface area contributed by atoms with Crippen LogP contribution in [-0.2, 0) is 17.9 Å². The Morgan fingerprint density at radius 3 is 2.24 bits per heavy atom. The van der Waals surface area contributed by atoms with E-state index in [1.165, 1.54) is 5.56 Å². The highest BCUT2D eigenvalue weighted by atomic mass is 16.2. The van der Waals surface area contributed by atoms with Gasteiger partial charge in [-0.25, -0.2) is 0 Å². The lowest BCUT2D eigenvalue weighted by atomic mass is 9.77. The minimum Gasteiger partial charge on any atom is -0.350 e. The number of nitrogens with zero attached hydrogens (tertiary/aromatic N) is 1. The molecular formula is C17H27N3O. The highest BCUT2D eigenvalue weighted by Gasteiger charge is 2.39. The second-order valence-electron chi connectivity index (χ2n) is 5.97. The zero-order valence-corrected chi connectivity index (χ0v) is 13.2. The van der Waals surface area contributed by atoms with Gasteiger partial charge in [0.05, 0.1) is 5.54 Å². The van der Waals surface area contributed by atoms with Crippen molar-refractivity contribution in [1.29, 1.82) is 0 Å². The number of benzene rings is 1. The molecule has 1 fully saturated rings. The van der Waals surface area contributed by atoms with Crippen LogP contribution in [0.4, 0.5) is 0 Å². The minimum atomic E-state index is -0.608. The third-order valence-corrected chi connectivity index (χ3v) is 4.47. The Hall–Kier alpha value is -1.39. The molecule has 3 N–H and O–H groups in total. The fourth-order valence-electron chi connectivity index (χ4n) is 2.61. The monoisotopic (exact) mass is 289 g/mol. The van der Waals surface area contributed by atoms with Gasteiger partial charge in [-0.3, -0.25) is 9.69 Å². The third-order valence-electron chi connectivity index (χ3n) is 4.47. The van der Waals surface area contributed by atoms with Crippen molar-refractivity contribution in [1.82, 2.24) is 10.2 Å². The molecule has 1 aliphatic rings. The summed E-state index contributed by atoms with van der Waals surface area (Å²) in [6, 6.07) is 8.45. The fraction of sp³-hybridized carbons (Fsp3) is 0.588. The van der Waals surface area contributed by atoms with Gasteiger partial charge in [-0.15, -0.1) is 0 Å². The summed E-state index contributed by atoms with van der Waals surface area (Å²) in [6.07, 6.45) is 2.67. The molecule has 0 aromatic heterocycles. The van der Waals surface area contributed by atoms with E-state index in [0.717, 1.165) is 44.5 Å². The second-order valence-corrected chi connectivity index (χ2v) is 5.97. The Balaban J connectivity index is 1.83. The van der Waals surface area contributed by atoms with E-state index in [1.807, 2.05) is 0 Å². The quantitative estimate of drug-likeness (QED) is 0.807. The number of carbonyl (C=O) groups is 1. The first-order chi connectivity index (χ1) is 10.1. The fourth-order valence-corrected chi connectivity index (χ4v) is 2.61. The number of carbonyl (C=O) groups excluding carboxylic acids is 1. The highest BCUT2D eigenvalue weighted by Crippen LogP contribution is 2.29. The molecular weight excluding hydrogens is 262 g/mol. The van der Waals surface area contributed by atoms with Crippen LogP contribution in [0, 0.1) is 0 Å². The second kappa shape index (κ2) is 7.05. The molecule has 0 spiro atoms. The summed E-state index contributed by atoms with van der Waals surface area (Å²) in [5.41, 5.74) is 7.82. The molecule has 1 aliphatic carbocycles. The van der Waals surface area contributed by atoms with Gasteiger partial charge in [-0.2, -0.15) is 0 Å². The topological polar surface area (TPSA) is 58.4 Å². The van der Waals surface area contributed by atoms with E-state index in [2.05, 4.69) is 48.3 Å². The largest absolute Gasteiger partial charge is 0.350 e. The number of hydrogen-bond acceptors (Lipinski definition) is 3. The van der Waals surface area contributed by atoms with Crippen LogP contribution in [0.2, 0.25) is 0 Å². The van der Waals surface area contributed by atoms with Crippen molar-refractivity contribution >= 4 is 5.91 Å². The maximum Gasteiger partial charge on any atom is 0.240 e. The summed E-state index contributed by atoms with van der Waals surface area (Å²) in [5.74, 6) is -0.0130. The first-order valence-corrected chi connectivity index (χ1v) is 7.94. The van der Waals surface area contributed by atoms with E-state index < -0.39 is 5.54 Å². The predicted molar refractivity (Wildman–Crippen MR) is 85.7 cm³/mol. The summed E-state index contributed by atoms with van der Waals surface area (Å²) in [7, 11) is 0. The molecule has 1 aromatic rings. The summed E-state index contributed by atoms with van der Waals surface area (Å²) in [5, 5.41) is 2.95. The lowest BCUT2D eigenvalue weighted by molar-refractivity contribution is -0.129. The summed E-state index contributed by atoms with van der Waals surface area (Å²) < 4.78 is 0. The Bertz CT molecular complexity index is 461. The Morgan fingerprint density at radius 1 is 1.19 bits per heavy atom. The molecule has 1 saturated carbocycles. The molecule has 0 aliphatic heterocycles. The van der Waals surface area contributed by atoms with Crippen LogP contribution >= 0.6 is 0 Å². The van der Waals surface area contributed by atoms with Crippen molar-refractivity contribution in [2.24, 2.45) is 5.73 Å². The van der Waals surface area contributed by atoms with Crippen molar-refractivity contribution in [3.63, 3.8) is 0 Å². The van der Waals surface area contributed by atoms with Gasteiger partial charge in [0.25, 0.3) is 0 Å². The van der Waals surface area contributed by atoms with Crippen LogP contribution in [0.15, 0.2) is 24.3 Å². The average molecular weight is 289 g/mol. The average Bonchev–Trinajstić information content (AvgIpc) is 2.49. The number of rotatable bonds is 7. The lowest BCUT2D eigenvalue weighted by Gasteiger charge is -2.36. The van der Waals surface area contributed by atoms with Crippen molar-refractivity contribution in [2.45, 2.75) is 51.7 Å². The number of amides is 1. The molecule has 0 unspecified atom stereocenters. The van der Waals surface area contributed by atoms with Crippen LogP contribution in [0.5, 0.6) is 0 Å². The maximum absolute atomic E-state index is 12.0. The number of hydrogen-bond donors (Lipinski definition) is 2. The summed E-state index contributed by atoms with van der Waals surface area (Å²) in [4.78, 5) is 14.3. The first kappa shape index (κ1) is 16.0. The number of nitrogens with two attached hydrogens (primary N) is 1. The molecule has 0 saturated heterocycles. The smallest absolute Gasteiger partial charge is 0.240 e. The normalized spacial score (nSPS) is 16.6.